The van der Waals surface area contributed by atoms with E-state index in [9.17, 15) is 4.79 Å². The molecule has 0 saturated carbocycles. The second kappa shape index (κ2) is 6.33. The van der Waals surface area contributed by atoms with Gasteiger partial charge in [0.25, 0.3) is 0 Å². The largest absolute Gasteiger partial charge is 0.345 e. The molecule has 0 aliphatic heterocycles. The van der Waals surface area contributed by atoms with Crippen molar-refractivity contribution >= 4 is 17.5 Å². The maximum atomic E-state index is 11.5. The first-order valence-corrected chi connectivity index (χ1v) is 5.76. The third-order valence-electron chi connectivity index (χ3n) is 2.14. The summed E-state index contributed by atoms with van der Waals surface area (Å²) in [6.07, 6.45) is 0.427. The van der Waals surface area contributed by atoms with Crippen molar-refractivity contribution in [2.24, 2.45) is 5.41 Å². The summed E-state index contributed by atoms with van der Waals surface area (Å²) in [5.41, 5.74) is 0.111. The molecule has 0 atom stereocenters. The summed E-state index contributed by atoms with van der Waals surface area (Å²) in [6.45, 7) is 6.06. The SMILES string of the molecule is CN(C)CC(C)(C)CN(C)C(=O)CCCl. The molecule has 0 fully saturated rings. The number of hydrogen-bond acceptors (Lipinski definition) is 2. The summed E-state index contributed by atoms with van der Waals surface area (Å²) in [6, 6.07) is 0. The lowest BCUT2D eigenvalue weighted by Crippen LogP contribution is -2.41. The highest BCUT2D eigenvalue weighted by molar-refractivity contribution is 6.18. The third-order valence-corrected chi connectivity index (χ3v) is 2.33. The zero-order valence-electron chi connectivity index (χ0n) is 10.5. The normalized spacial score (nSPS) is 11.9. The quantitative estimate of drug-likeness (QED) is 0.653. The molecule has 0 radical (unpaired) electrons. The highest BCUT2D eigenvalue weighted by Gasteiger charge is 2.22. The highest BCUT2D eigenvalue weighted by Crippen LogP contribution is 2.17. The average Bonchev–Trinajstić information content (AvgIpc) is 2.00. The van der Waals surface area contributed by atoms with Gasteiger partial charge in [-0.15, -0.1) is 11.6 Å². The Hall–Kier alpha value is -0.280. The molecular formula is C11H23ClN2O. The minimum absolute atomic E-state index is 0.111. The molecule has 0 saturated heterocycles. The third kappa shape index (κ3) is 6.74. The Morgan fingerprint density at radius 2 is 1.73 bits per heavy atom. The molecule has 3 nitrogen and oxygen atoms in total. The first-order valence-electron chi connectivity index (χ1n) is 5.23. The van der Waals surface area contributed by atoms with Crippen LogP contribution in [0.1, 0.15) is 20.3 Å². The van der Waals surface area contributed by atoms with Crippen molar-refractivity contribution in [2.45, 2.75) is 20.3 Å². The summed E-state index contributed by atoms with van der Waals surface area (Å²) < 4.78 is 0. The van der Waals surface area contributed by atoms with E-state index in [1.165, 1.54) is 0 Å². The lowest BCUT2D eigenvalue weighted by molar-refractivity contribution is -0.130. The number of nitrogens with zero attached hydrogens (tertiary/aromatic N) is 2. The van der Waals surface area contributed by atoms with Crippen LogP contribution < -0.4 is 0 Å². The van der Waals surface area contributed by atoms with E-state index >= 15 is 0 Å². The van der Waals surface area contributed by atoms with Crippen molar-refractivity contribution in [1.29, 1.82) is 0 Å². The van der Waals surface area contributed by atoms with Gasteiger partial charge in [0.05, 0.1) is 0 Å². The van der Waals surface area contributed by atoms with Gasteiger partial charge in [-0.1, -0.05) is 13.8 Å². The molecule has 0 aromatic rings. The number of rotatable bonds is 6. The lowest BCUT2D eigenvalue weighted by atomic mass is 9.92. The van der Waals surface area contributed by atoms with Crippen molar-refractivity contribution in [3.05, 3.63) is 0 Å². The van der Waals surface area contributed by atoms with Gasteiger partial charge in [-0.05, 0) is 19.5 Å². The molecular weight excluding hydrogens is 212 g/mol. The summed E-state index contributed by atoms with van der Waals surface area (Å²) >= 11 is 5.54. The average molecular weight is 235 g/mol. The fraction of sp³-hybridized carbons (Fsp3) is 0.909. The molecule has 4 heteroatoms. The molecule has 90 valence electrons. The maximum Gasteiger partial charge on any atom is 0.223 e. The smallest absolute Gasteiger partial charge is 0.223 e. The minimum atomic E-state index is 0.111. The van der Waals surface area contributed by atoms with Crippen LogP contribution in [0.2, 0.25) is 0 Å². The summed E-state index contributed by atoms with van der Waals surface area (Å²) in [5.74, 6) is 0.522. The molecule has 0 bridgehead atoms. The van der Waals surface area contributed by atoms with Crippen LogP contribution in [0.4, 0.5) is 0 Å². The van der Waals surface area contributed by atoms with E-state index in [-0.39, 0.29) is 11.3 Å². The highest BCUT2D eigenvalue weighted by atomic mass is 35.5. The van der Waals surface area contributed by atoms with Crippen molar-refractivity contribution in [2.75, 3.05) is 40.1 Å². The minimum Gasteiger partial charge on any atom is -0.345 e. The Balaban J connectivity index is 4.14. The van der Waals surface area contributed by atoms with Crippen LogP contribution in [0.5, 0.6) is 0 Å². The summed E-state index contributed by atoms with van der Waals surface area (Å²) in [7, 11) is 5.93. The van der Waals surface area contributed by atoms with Crippen molar-refractivity contribution < 1.29 is 4.79 Å². The molecule has 0 aromatic heterocycles. The lowest BCUT2D eigenvalue weighted by Gasteiger charge is -2.32. The summed E-state index contributed by atoms with van der Waals surface area (Å²) in [4.78, 5) is 15.4. The zero-order valence-corrected chi connectivity index (χ0v) is 11.3. The van der Waals surface area contributed by atoms with Crippen LogP contribution in [0.3, 0.4) is 0 Å². The second-order valence-electron chi connectivity index (χ2n) is 5.09. The van der Waals surface area contributed by atoms with Gasteiger partial charge in [-0.2, -0.15) is 0 Å². The van der Waals surface area contributed by atoms with Crippen molar-refractivity contribution in [3.8, 4) is 0 Å². The molecule has 0 unspecified atom stereocenters. The van der Waals surface area contributed by atoms with Gasteiger partial charge in [0.2, 0.25) is 5.91 Å². The molecule has 0 heterocycles. The van der Waals surface area contributed by atoms with E-state index in [2.05, 4.69) is 18.7 Å². The monoisotopic (exact) mass is 234 g/mol. The van der Waals surface area contributed by atoms with Gasteiger partial charge in [-0.3, -0.25) is 4.79 Å². The van der Waals surface area contributed by atoms with Crippen molar-refractivity contribution in [1.82, 2.24) is 9.80 Å². The zero-order chi connectivity index (χ0) is 12.1. The van der Waals surface area contributed by atoms with Gasteiger partial charge in [0.15, 0.2) is 0 Å². The Bertz CT molecular complexity index is 205. The first kappa shape index (κ1) is 14.7. The van der Waals surface area contributed by atoms with Gasteiger partial charge in [0, 0.05) is 32.4 Å². The van der Waals surface area contributed by atoms with Crippen LogP contribution in [0.15, 0.2) is 0 Å². The molecule has 0 aliphatic rings. The maximum absolute atomic E-state index is 11.5. The van der Waals surface area contributed by atoms with Crippen LogP contribution in [-0.4, -0.2) is 55.8 Å². The molecule has 0 spiro atoms. The van der Waals surface area contributed by atoms with E-state index < -0.39 is 0 Å². The van der Waals surface area contributed by atoms with Gasteiger partial charge in [-0.25, -0.2) is 0 Å². The van der Waals surface area contributed by atoms with Crippen LogP contribution in [-0.2, 0) is 4.79 Å². The van der Waals surface area contributed by atoms with E-state index in [0.29, 0.717) is 12.3 Å². The van der Waals surface area contributed by atoms with Crippen LogP contribution >= 0.6 is 11.6 Å². The Morgan fingerprint density at radius 3 is 2.13 bits per heavy atom. The van der Waals surface area contributed by atoms with Gasteiger partial charge < -0.3 is 9.80 Å². The standard InChI is InChI=1S/C11H23ClN2O/c1-11(2,8-13(3)4)9-14(5)10(15)6-7-12/h6-9H2,1-5H3. The summed E-state index contributed by atoms with van der Waals surface area (Å²) in [5, 5.41) is 0. The predicted octanol–water partition coefficient (Wildman–Crippen LogP) is 1.66. The number of carbonyl (C=O) groups excluding carboxylic acids is 1. The number of carbonyl (C=O) groups is 1. The van der Waals surface area contributed by atoms with E-state index in [1.54, 1.807) is 4.90 Å². The van der Waals surface area contributed by atoms with Crippen LogP contribution in [0.25, 0.3) is 0 Å². The molecule has 1 amide bonds. The number of halogens is 1. The Labute approximate surface area is 98.4 Å². The predicted molar refractivity (Wildman–Crippen MR) is 65.3 cm³/mol. The fourth-order valence-corrected chi connectivity index (χ4v) is 2.07. The van der Waals surface area contributed by atoms with E-state index in [0.717, 1.165) is 13.1 Å². The molecule has 0 rings (SSSR count). The van der Waals surface area contributed by atoms with Gasteiger partial charge in [0.1, 0.15) is 0 Å². The fourth-order valence-electron chi connectivity index (χ4n) is 1.91. The first-order chi connectivity index (χ1) is 6.78. The topological polar surface area (TPSA) is 23.6 Å². The Morgan fingerprint density at radius 1 is 1.20 bits per heavy atom. The van der Waals surface area contributed by atoms with Crippen LogP contribution in [0, 0.1) is 5.41 Å². The molecule has 0 aromatic carbocycles. The van der Waals surface area contributed by atoms with Crippen molar-refractivity contribution in [3.63, 3.8) is 0 Å². The number of amides is 1. The molecule has 15 heavy (non-hydrogen) atoms. The second-order valence-corrected chi connectivity index (χ2v) is 5.47. The van der Waals surface area contributed by atoms with E-state index in [4.69, 9.17) is 11.6 Å². The van der Waals surface area contributed by atoms with Gasteiger partial charge >= 0.3 is 0 Å². The van der Waals surface area contributed by atoms with E-state index in [1.807, 2.05) is 21.1 Å². The number of hydrogen-bond donors (Lipinski definition) is 0. The Kier molecular flexibility index (Phi) is 6.22. The molecule has 0 N–H and O–H groups in total. The number of alkyl halides is 1. The molecule has 0 aliphatic carbocycles.